The zero-order valence-electron chi connectivity index (χ0n) is 12.4. The molecule has 2 rings (SSSR count). The number of aliphatic hydroxyl groups is 1. The first-order valence-corrected chi connectivity index (χ1v) is 7.11. The number of hydrogen-bond donors (Lipinski definition) is 2. The lowest BCUT2D eigenvalue weighted by molar-refractivity contribution is -0.118. The van der Waals surface area contributed by atoms with Crippen LogP contribution in [0.2, 0.25) is 0 Å². The number of anilines is 1. The molecule has 0 saturated heterocycles. The molecular weight excluding hydrogens is 266 g/mol. The fraction of sp³-hybridized carbons (Fsp3) is 0.375. The SMILES string of the molecule is CC(C)Cn1nccc1NC(=O)CC(O)c1ccccc1. The number of nitrogens with zero attached hydrogens (tertiary/aromatic N) is 2. The van der Waals surface area contributed by atoms with Gasteiger partial charge in [-0.25, -0.2) is 4.68 Å². The summed E-state index contributed by atoms with van der Waals surface area (Å²) in [7, 11) is 0. The lowest BCUT2D eigenvalue weighted by Gasteiger charge is -2.13. The number of benzene rings is 1. The Hall–Kier alpha value is -2.14. The molecule has 1 heterocycles. The summed E-state index contributed by atoms with van der Waals surface area (Å²) in [5.41, 5.74) is 0.739. The molecule has 0 spiro atoms. The van der Waals surface area contributed by atoms with Crippen molar-refractivity contribution in [2.75, 3.05) is 5.32 Å². The van der Waals surface area contributed by atoms with Crippen LogP contribution in [0.1, 0.15) is 31.9 Å². The first-order chi connectivity index (χ1) is 10.1. The van der Waals surface area contributed by atoms with Gasteiger partial charge in [-0.05, 0) is 11.5 Å². The number of carbonyl (C=O) groups is 1. The molecule has 21 heavy (non-hydrogen) atoms. The number of hydrogen-bond acceptors (Lipinski definition) is 3. The summed E-state index contributed by atoms with van der Waals surface area (Å²) in [5, 5.41) is 17.0. The molecule has 1 unspecified atom stereocenters. The Bertz CT molecular complexity index is 578. The highest BCUT2D eigenvalue weighted by Gasteiger charge is 2.14. The Kier molecular flexibility index (Phi) is 5.11. The van der Waals surface area contributed by atoms with Gasteiger partial charge in [-0.15, -0.1) is 0 Å². The van der Waals surface area contributed by atoms with Crippen molar-refractivity contribution in [3.63, 3.8) is 0 Å². The number of carbonyl (C=O) groups excluding carboxylic acids is 1. The van der Waals surface area contributed by atoms with E-state index >= 15 is 0 Å². The molecule has 112 valence electrons. The van der Waals surface area contributed by atoms with E-state index in [1.165, 1.54) is 0 Å². The van der Waals surface area contributed by atoms with Crippen LogP contribution in [-0.4, -0.2) is 20.8 Å². The summed E-state index contributed by atoms with van der Waals surface area (Å²) in [6.45, 7) is 4.92. The molecule has 0 fully saturated rings. The molecule has 1 aromatic heterocycles. The Balaban J connectivity index is 1.94. The highest BCUT2D eigenvalue weighted by Crippen LogP contribution is 2.17. The van der Waals surface area contributed by atoms with E-state index < -0.39 is 6.10 Å². The highest BCUT2D eigenvalue weighted by atomic mass is 16.3. The predicted octanol–water partition coefficient (Wildman–Crippen LogP) is 2.60. The molecule has 1 amide bonds. The monoisotopic (exact) mass is 287 g/mol. The molecule has 0 aliphatic rings. The van der Waals surface area contributed by atoms with Crippen LogP contribution >= 0.6 is 0 Å². The van der Waals surface area contributed by atoms with Crippen LogP contribution in [0, 0.1) is 5.92 Å². The van der Waals surface area contributed by atoms with E-state index in [0.29, 0.717) is 11.7 Å². The zero-order chi connectivity index (χ0) is 15.2. The Labute approximate surface area is 124 Å². The molecule has 1 atom stereocenters. The standard InChI is InChI=1S/C16H21N3O2/c1-12(2)11-19-15(8-9-17-19)18-16(21)10-14(20)13-6-4-3-5-7-13/h3-9,12,14,20H,10-11H2,1-2H3,(H,18,21). The fourth-order valence-corrected chi connectivity index (χ4v) is 2.09. The fourth-order valence-electron chi connectivity index (χ4n) is 2.09. The van der Waals surface area contributed by atoms with Crippen molar-refractivity contribution in [2.24, 2.45) is 5.92 Å². The number of nitrogens with one attached hydrogen (secondary N) is 1. The molecule has 5 nitrogen and oxygen atoms in total. The zero-order valence-corrected chi connectivity index (χ0v) is 12.4. The summed E-state index contributed by atoms with van der Waals surface area (Å²) >= 11 is 0. The average molecular weight is 287 g/mol. The highest BCUT2D eigenvalue weighted by molar-refractivity contribution is 5.90. The van der Waals surface area contributed by atoms with E-state index in [2.05, 4.69) is 24.3 Å². The summed E-state index contributed by atoms with van der Waals surface area (Å²) in [6.07, 6.45) is 0.885. The molecule has 0 aliphatic carbocycles. The van der Waals surface area contributed by atoms with Crippen molar-refractivity contribution in [1.82, 2.24) is 9.78 Å². The van der Waals surface area contributed by atoms with Gasteiger partial charge in [-0.3, -0.25) is 4.79 Å². The van der Waals surface area contributed by atoms with Gasteiger partial charge in [-0.2, -0.15) is 5.10 Å². The summed E-state index contributed by atoms with van der Waals surface area (Å²) in [5.74, 6) is 0.876. The molecule has 0 radical (unpaired) electrons. The lowest BCUT2D eigenvalue weighted by atomic mass is 10.1. The second-order valence-corrected chi connectivity index (χ2v) is 5.47. The normalized spacial score (nSPS) is 12.4. The van der Waals surface area contributed by atoms with Crippen LogP contribution in [-0.2, 0) is 11.3 Å². The third-order valence-corrected chi connectivity index (χ3v) is 3.09. The molecular formula is C16H21N3O2. The quantitative estimate of drug-likeness (QED) is 0.858. The van der Waals surface area contributed by atoms with Gasteiger partial charge in [0.2, 0.25) is 5.91 Å². The van der Waals surface area contributed by atoms with Crippen molar-refractivity contribution in [1.29, 1.82) is 0 Å². The largest absolute Gasteiger partial charge is 0.388 e. The molecule has 0 bridgehead atoms. The van der Waals surface area contributed by atoms with Gasteiger partial charge in [0.05, 0.1) is 18.7 Å². The summed E-state index contributed by atoms with van der Waals surface area (Å²) < 4.78 is 1.76. The van der Waals surface area contributed by atoms with E-state index in [4.69, 9.17) is 0 Å². The molecule has 0 saturated carbocycles. The van der Waals surface area contributed by atoms with Crippen molar-refractivity contribution in [3.05, 3.63) is 48.2 Å². The van der Waals surface area contributed by atoms with Crippen molar-refractivity contribution >= 4 is 11.7 Å². The van der Waals surface area contributed by atoms with Crippen LogP contribution < -0.4 is 5.32 Å². The van der Waals surface area contributed by atoms with Gasteiger partial charge in [0.15, 0.2) is 0 Å². The van der Waals surface area contributed by atoms with Crippen LogP contribution in [0.5, 0.6) is 0 Å². The van der Waals surface area contributed by atoms with Gasteiger partial charge in [-0.1, -0.05) is 44.2 Å². The third kappa shape index (κ3) is 4.43. The van der Waals surface area contributed by atoms with E-state index in [0.717, 1.165) is 12.1 Å². The number of aliphatic hydroxyl groups excluding tert-OH is 1. The molecule has 1 aromatic carbocycles. The van der Waals surface area contributed by atoms with E-state index in [1.54, 1.807) is 29.1 Å². The molecule has 2 aromatic rings. The summed E-state index contributed by atoms with van der Waals surface area (Å²) in [4.78, 5) is 12.0. The van der Waals surface area contributed by atoms with Gasteiger partial charge in [0, 0.05) is 12.6 Å². The Morgan fingerprint density at radius 3 is 2.67 bits per heavy atom. The van der Waals surface area contributed by atoms with E-state index in [-0.39, 0.29) is 12.3 Å². The van der Waals surface area contributed by atoms with Crippen molar-refractivity contribution < 1.29 is 9.90 Å². The number of rotatable bonds is 6. The second-order valence-electron chi connectivity index (χ2n) is 5.47. The van der Waals surface area contributed by atoms with Crippen LogP contribution in [0.15, 0.2) is 42.6 Å². The Morgan fingerprint density at radius 2 is 2.00 bits per heavy atom. The lowest BCUT2D eigenvalue weighted by Crippen LogP contribution is -2.19. The average Bonchev–Trinajstić information content (AvgIpc) is 2.86. The summed E-state index contributed by atoms with van der Waals surface area (Å²) in [6, 6.07) is 10.9. The van der Waals surface area contributed by atoms with Crippen LogP contribution in [0.4, 0.5) is 5.82 Å². The first kappa shape index (κ1) is 15.3. The van der Waals surface area contributed by atoms with Gasteiger partial charge < -0.3 is 10.4 Å². The van der Waals surface area contributed by atoms with Gasteiger partial charge >= 0.3 is 0 Å². The van der Waals surface area contributed by atoms with E-state index in [9.17, 15) is 9.90 Å². The maximum atomic E-state index is 12.0. The van der Waals surface area contributed by atoms with Crippen LogP contribution in [0.3, 0.4) is 0 Å². The predicted molar refractivity (Wildman–Crippen MR) is 81.7 cm³/mol. The van der Waals surface area contributed by atoms with E-state index in [1.807, 2.05) is 18.2 Å². The van der Waals surface area contributed by atoms with Gasteiger partial charge in [0.1, 0.15) is 5.82 Å². The number of amides is 1. The van der Waals surface area contributed by atoms with Crippen LogP contribution in [0.25, 0.3) is 0 Å². The first-order valence-electron chi connectivity index (χ1n) is 7.11. The maximum Gasteiger partial charge on any atom is 0.228 e. The Morgan fingerprint density at radius 1 is 1.29 bits per heavy atom. The molecule has 0 aliphatic heterocycles. The minimum Gasteiger partial charge on any atom is -0.388 e. The third-order valence-electron chi connectivity index (χ3n) is 3.09. The molecule has 2 N–H and O–H groups in total. The smallest absolute Gasteiger partial charge is 0.228 e. The minimum atomic E-state index is -0.798. The number of aromatic nitrogens is 2. The topological polar surface area (TPSA) is 67.2 Å². The second kappa shape index (κ2) is 7.04. The van der Waals surface area contributed by atoms with Crippen molar-refractivity contribution in [2.45, 2.75) is 32.9 Å². The molecule has 5 heteroatoms. The maximum absolute atomic E-state index is 12.0. The minimum absolute atomic E-state index is 0.0247. The van der Waals surface area contributed by atoms with Gasteiger partial charge in [0.25, 0.3) is 0 Å². The van der Waals surface area contributed by atoms with Crippen molar-refractivity contribution in [3.8, 4) is 0 Å².